The number of hydrogen-bond acceptors (Lipinski definition) is 9. The van der Waals surface area contributed by atoms with Crippen molar-refractivity contribution in [2.75, 3.05) is 10.6 Å². The van der Waals surface area contributed by atoms with Gasteiger partial charge in [-0.1, -0.05) is 58.8 Å². The number of carbonyl (C=O) groups excluding carboxylic acids is 2. The van der Waals surface area contributed by atoms with E-state index in [2.05, 4.69) is 20.9 Å². The molecule has 16 heteroatoms. The molecule has 0 bridgehead atoms. The van der Waals surface area contributed by atoms with E-state index >= 15 is 0 Å². The molecule has 2 heterocycles. The van der Waals surface area contributed by atoms with Gasteiger partial charge in [0.2, 0.25) is 11.8 Å². The summed E-state index contributed by atoms with van der Waals surface area (Å²) in [5.41, 5.74) is 1.39. The lowest BCUT2D eigenvalue weighted by molar-refractivity contribution is -0.118. The molecule has 0 fully saturated rings. The minimum atomic E-state index is -4.27. The van der Waals surface area contributed by atoms with E-state index in [-0.39, 0.29) is 16.6 Å². The van der Waals surface area contributed by atoms with Crippen LogP contribution in [0.3, 0.4) is 0 Å². The summed E-state index contributed by atoms with van der Waals surface area (Å²) in [7, 11) is -6.87. The number of amides is 2. The molecule has 0 spiro atoms. The lowest BCUT2D eigenvalue weighted by Gasteiger charge is -2.24. The van der Waals surface area contributed by atoms with Gasteiger partial charge in [-0.2, -0.15) is 5.10 Å². The van der Waals surface area contributed by atoms with Crippen molar-refractivity contribution in [3.63, 3.8) is 0 Å². The summed E-state index contributed by atoms with van der Waals surface area (Å²) in [5.74, 6) is -2.32. The van der Waals surface area contributed by atoms with Gasteiger partial charge in [-0.15, -0.1) is 0 Å². The van der Waals surface area contributed by atoms with Gasteiger partial charge in [0.05, 0.1) is 5.69 Å². The van der Waals surface area contributed by atoms with Crippen molar-refractivity contribution in [2.24, 2.45) is 7.05 Å². The van der Waals surface area contributed by atoms with Crippen LogP contribution in [0.15, 0.2) is 62.8 Å². The van der Waals surface area contributed by atoms with Gasteiger partial charge < -0.3 is 15.2 Å². The maximum atomic E-state index is 14.2. The van der Waals surface area contributed by atoms with E-state index in [0.717, 1.165) is 17.8 Å². The van der Waals surface area contributed by atoms with Gasteiger partial charge in [-0.3, -0.25) is 14.3 Å². The van der Waals surface area contributed by atoms with Crippen LogP contribution in [-0.4, -0.2) is 53.1 Å². The standard InChI is InChI=1S/C19H26FN3O3S.C18H23FN2O4S/c1-12-8-9-14(13(20)10-12)27(25,26)19(5,6)17(24)21-16-11-15(18(2,3)4)22-23(16)7;1-11-7-8-13(12(19)9-11)26(23,24)18(5,6)16(22)20-15-10-14(25-21-15)17(2,3)4/h8-11H,1-7H3,(H,21,24);7-10H,1-6H3,(H,20,21,22). The average Bonchev–Trinajstić information content (AvgIpc) is 3.63. The van der Waals surface area contributed by atoms with E-state index in [1.807, 2.05) is 41.5 Å². The molecule has 0 radical (unpaired) electrons. The summed E-state index contributed by atoms with van der Waals surface area (Å²) < 4.78 is 82.8. The zero-order chi connectivity index (χ0) is 40.7. The summed E-state index contributed by atoms with van der Waals surface area (Å²) in [4.78, 5) is 24.4. The highest BCUT2D eigenvalue weighted by Crippen LogP contribution is 2.32. The van der Waals surface area contributed by atoms with Gasteiger partial charge in [0.1, 0.15) is 42.5 Å². The summed E-state index contributed by atoms with van der Waals surface area (Å²) in [6, 6.07) is 10.8. The van der Waals surface area contributed by atoms with Crippen LogP contribution in [-0.2, 0) is 47.1 Å². The topological polar surface area (TPSA) is 170 Å². The minimum absolute atomic E-state index is 0.104. The van der Waals surface area contributed by atoms with Crippen LogP contribution < -0.4 is 10.6 Å². The molecule has 53 heavy (non-hydrogen) atoms. The largest absolute Gasteiger partial charge is 0.359 e. The Balaban J connectivity index is 0.000000286. The normalized spacial score (nSPS) is 12.9. The van der Waals surface area contributed by atoms with Crippen molar-refractivity contribution < 1.29 is 39.7 Å². The average molecular weight is 778 g/mol. The molecule has 0 saturated heterocycles. The van der Waals surface area contributed by atoms with Crippen molar-refractivity contribution in [3.05, 3.63) is 82.7 Å². The second-order valence-electron chi connectivity index (χ2n) is 15.9. The Bertz CT molecular complexity index is 2240. The number of aromatic nitrogens is 3. The summed E-state index contributed by atoms with van der Waals surface area (Å²) in [6.07, 6.45) is 0. The number of nitrogens with zero attached hydrogens (tertiary/aromatic N) is 3. The monoisotopic (exact) mass is 777 g/mol. The highest BCUT2D eigenvalue weighted by atomic mass is 32.2. The second kappa shape index (κ2) is 14.8. The van der Waals surface area contributed by atoms with Crippen LogP contribution in [0, 0.1) is 25.5 Å². The molecule has 2 amide bonds. The Labute approximate surface area is 310 Å². The van der Waals surface area contributed by atoms with Crippen molar-refractivity contribution in [1.29, 1.82) is 0 Å². The fraction of sp³-hybridized carbons (Fsp3) is 0.459. The molecule has 12 nitrogen and oxygen atoms in total. The molecule has 4 rings (SSSR count). The molecular formula is C37H49F2N5O7S2. The molecule has 0 unspecified atom stereocenters. The number of aryl methyl sites for hydroxylation is 3. The number of rotatable bonds is 8. The van der Waals surface area contributed by atoms with Gasteiger partial charge in [0.25, 0.3) is 0 Å². The highest BCUT2D eigenvalue weighted by Gasteiger charge is 2.45. The summed E-state index contributed by atoms with van der Waals surface area (Å²) in [5, 5.41) is 13.1. The molecule has 0 saturated carbocycles. The van der Waals surface area contributed by atoms with Crippen molar-refractivity contribution in [1.82, 2.24) is 14.9 Å². The number of carbonyl (C=O) groups is 2. The molecule has 290 valence electrons. The highest BCUT2D eigenvalue weighted by molar-refractivity contribution is 7.94. The Morgan fingerprint density at radius 1 is 0.679 bits per heavy atom. The van der Waals surface area contributed by atoms with Crippen LogP contribution in [0.1, 0.15) is 91.8 Å². The van der Waals surface area contributed by atoms with Crippen LogP contribution in [0.2, 0.25) is 0 Å². The predicted molar refractivity (Wildman–Crippen MR) is 199 cm³/mol. The molecule has 2 N–H and O–H groups in total. The first-order valence-electron chi connectivity index (χ1n) is 16.6. The van der Waals surface area contributed by atoms with Crippen molar-refractivity contribution >= 4 is 43.1 Å². The molecule has 0 atom stereocenters. The van der Waals surface area contributed by atoms with Crippen molar-refractivity contribution in [2.45, 2.75) is 113 Å². The first-order chi connectivity index (χ1) is 23.9. The van der Waals surface area contributed by atoms with Gasteiger partial charge in [0, 0.05) is 30.0 Å². The zero-order valence-corrected chi connectivity index (χ0v) is 34.0. The molecule has 2 aromatic heterocycles. The first kappa shape index (κ1) is 43.0. The van der Waals surface area contributed by atoms with Gasteiger partial charge in [-0.25, -0.2) is 25.6 Å². The number of benzene rings is 2. The number of hydrogen-bond donors (Lipinski definition) is 2. The maximum Gasteiger partial charge on any atom is 0.246 e. The lowest BCUT2D eigenvalue weighted by Crippen LogP contribution is -2.45. The molecule has 0 aliphatic heterocycles. The van der Waals surface area contributed by atoms with Crippen molar-refractivity contribution in [3.8, 4) is 0 Å². The van der Waals surface area contributed by atoms with E-state index in [0.29, 0.717) is 22.7 Å². The van der Waals surface area contributed by atoms with Crippen LogP contribution >= 0.6 is 0 Å². The van der Waals surface area contributed by atoms with E-state index in [1.165, 1.54) is 62.7 Å². The first-order valence-corrected chi connectivity index (χ1v) is 19.6. The van der Waals surface area contributed by atoms with Crippen LogP contribution in [0.5, 0.6) is 0 Å². The third-order valence-corrected chi connectivity index (χ3v) is 13.5. The Hall–Kier alpha value is -4.44. The van der Waals surface area contributed by atoms with Crippen LogP contribution in [0.4, 0.5) is 20.4 Å². The minimum Gasteiger partial charge on any atom is -0.359 e. The van der Waals surface area contributed by atoms with E-state index < -0.39 is 62.4 Å². The van der Waals surface area contributed by atoms with Gasteiger partial charge in [-0.05, 0) is 76.9 Å². The summed E-state index contributed by atoms with van der Waals surface area (Å²) in [6.45, 7) is 20.0. The SMILES string of the molecule is Cc1ccc(S(=O)(=O)C(C)(C)C(=O)Nc2cc(C(C)(C)C)nn2C)c(F)c1.Cc1ccc(S(=O)(=O)C(C)(C)C(=O)Nc2cc(C(C)(C)C)on2)c(F)c1. The van der Waals surface area contributed by atoms with Crippen LogP contribution in [0.25, 0.3) is 0 Å². The number of nitrogens with one attached hydrogen (secondary N) is 2. The van der Waals surface area contributed by atoms with E-state index in [1.54, 1.807) is 27.0 Å². The van der Waals surface area contributed by atoms with Gasteiger partial charge in [0.15, 0.2) is 25.5 Å². The van der Waals surface area contributed by atoms with E-state index in [9.17, 15) is 35.2 Å². The second-order valence-corrected chi connectivity index (χ2v) is 20.9. The summed E-state index contributed by atoms with van der Waals surface area (Å²) >= 11 is 0. The number of anilines is 2. The van der Waals surface area contributed by atoms with E-state index in [4.69, 9.17) is 4.52 Å². The quantitative estimate of drug-likeness (QED) is 0.192. The third kappa shape index (κ3) is 9.03. The zero-order valence-electron chi connectivity index (χ0n) is 32.4. The lowest BCUT2D eigenvalue weighted by atomic mass is 9.92. The maximum absolute atomic E-state index is 14.2. The number of sulfone groups is 2. The Kier molecular flexibility index (Phi) is 12.0. The molecule has 4 aromatic rings. The Morgan fingerprint density at radius 2 is 1.11 bits per heavy atom. The molecular weight excluding hydrogens is 729 g/mol. The third-order valence-electron chi connectivity index (χ3n) is 8.57. The molecule has 0 aliphatic carbocycles. The fourth-order valence-corrected chi connectivity index (χ4v) is 7.43. The number of halogens is 2. The molecule has 0 aliphatic rings. The molecule has 2 aromatic carbocycles. The van der Waals surface area contributed by atoms with Gasteiger partial charge >= 0.3 is 0 Å². The smallest absolute Gasteiger partial charge is 0.246 e. The Morgan fingerprint density at radius 3 is 1.47 bits per heavy atom. The fourth-order valence-electron chi connectivity index (χ4n) is 4.61. The predicted octanol–water partition coefficient (Wildman–Crippen LogP) is 6.97.